The molecule has 0 aromatic carbocycles. The molecule has 0 aliphatic heterocycles. The fourth-order valence-corrected chi connectivity index (χ4v) is 1.09. The van der Waals surface area contributed by atoms with Gasteiger partial charge in [-0.25, -0.2) is 9.37 Å². The monoisotopic (exact) mass is 197 g/mol. The number of nitrogens with one attached hydrogen (secondary N) is 2. The molecule has 1 rings (SSSR count). The van der Waals surface area contributed by atoms with E-state index in [-0.39, 0.29) is 5.82 Å². The molecule has 0 atom stereocenters. The van der Waals surface area contributed by atoms with Crippen molar-refractivity contribution in [1.82, 2.24) is 10.3 Å². The van der Waals surface area contributed by atoms with Gasteiger partial charge in [0.15, 0.2) is 11.6 Å². The molecule has 1 heterocycles. The summed E-state index contributed by atoms with van der Waals surface area (Å²) in [5, 5.41) is 6.14. The summed E-state index contributed by atoms with van der Waals surface area (Å²) in [5.74, 6) is 0.0220. The predicted octanol–water partition coefficient (Wildman–Crippen LogP) is 1.63. The first-order valence-corrected chi connectivity index (χ1v) is 4.89. The van der Waals surface area contributed by atoms with E-state index in [1.807, 2.05) is 0 Å². The summed E-state index contributed by atoms with van der Waals surface area (Å²) in [5.41, 5.74) is 0. The van der Waals surface area contributed by atoms with Gasteiger partial charge in [0.1, 0.15) is 0 Å². The second-order valence-corrected chi connectivity index (χ2v) is 3.01. The number of aromatic nitrogens is 1. The maximum absolute atomic E-state index is 13.0. The summed E-state index contributed by atoms with van der Waals surface area (Å²) in [7, 11) is 0. The summed E-state index contributed by atoms with van der Waals surface area (Å²) >= 11 is 0. The van der Waals surface area contributed by atoms with Crippen LogP contribution in [0.5, 0.6) is 0 Å². The maximum Gasteiger partial charge on any atom is 0.165 e. The van der Waals surface area contributed by atoms with E-state index in [4.69, 9.17) is 0 Å². The quantitative estimate of drug-likeness (QED) is 0.681. The minimum absolute atomic E-state index is 0.303. The van der Waals surface area contributed by atoms with Crippen LogP contribution < -0.4 is 10.6 Å². The second kappa shape index (κ2) is 6.32. The highest BCUT2D eigenvalue weighted by Crippen LogP contribution is 2.06. The molecule has 4 heteroatoms. The number of hydrogen-bond donors (Lipinski definition) is 2. The molecule has 0 aliphatic carbocycles. The molecular weight excluding hydrogens is 181 g/mol. The first-order chi connectivity index (χ1) is 6.84. The Bertz CT molecular complexity index is 265. The molecule has 3 nitrogen and oxygen atoms in total. The van der Waals surface area contributed by atoms with Gasteiger partial charge in [0.2, 0.25) is 0 Å². The van der Waals surface area contributed by atoms with E-state index in [0.717, 1.165) is 19.5 Å². The van der Waals surface area contributed by atoms with Crippen LogP contribution in [-0.2, 0) is 0 Å². The van der Waals surface area contributed by atoms with Gasteiger partial charge in [-0.1, -0.05) is 6.92 Å². The normalized spacial score (nSPS) is 10.1. The Labute approximate surface area is 83.7 Å². The molecule has 0 spiro atoms. The molecule has 1 aromatic heterocycles. The highest BCUT2D eigenvalue weighted by atomic mass is 19.1. The predicted molar refractivity (Wildman–Crippen MR) is 55.8 cm³/mol. The van der Waals surface area contributed by atoms with Crippen molar-refractivity contribution in [2.75, 3.05) is 25.0 Å². The van der Waals surface area contributed by atoms with Crippen molar-refractivity contribution in [3.63, 3.8) is 0 Å². The van der Waals surface area contributed by atoms with E-state index in [2.05, 4.69) is 22.5 Å². The zero-order chi connectivity index (χ0) is 10.2. The fourth-order valence-electron chi connectivity index (χ4n) is 1.09. The van der Waals surface area contributed by atoms with Crippen LogP contribution in [0.15, 0.2) is 18.3 Å². The average molecular weight is 197 g/mol. The zero-order valence-electron chi connectivity index (χ0n) is 8.39. The van der Waals surface area contributed by atoms with Gasteiger partial charge >= 0.3 is 0 Å². The summed E-state index contributed by atoms with van der Waals surface area (Å²) in [6, 6.07) is 2.98. The van der Waals surface area contributed by atoms with Gasteiger partial charge in [-0.05, 0) is 25.1 Å². The summed E-state index contributed by atoms with van der Waals surface area (Å²) in [6.07, 6.45) is 2.68. The summed E-state index contributed by atoms with van der Waals surface area (Å²) < 4.78 is 13.0. The molecule has 0 amide bonds. The molecule has 78 valence electrons. The van der Waals surface area contributed by atoms with E-state index in [0.29, 0.717) is 12.4 Å². The van der Waals surface area contributed by atoms with Crippen LogP contribution in [0.3, 0.4) is 0 Å². The van der Waals surface area contributed by atoms with Gasteiger partial charge < -0.3 is 10.6 Å². The highest BCUT2D eigenvalue weighted by Gasteiger charge is 1.99. The van der Waals surface area contributed by atoms with Crippen LogP contribution in [0, 0.1) is 5.82 Å². The lowest BCUT2D eigenvalue weighted by atomic mass is 10.4. The number of pyridine rings is 1. The van der Waals surface area contributed by atoms with Crippen LogP contribution in [0.25, 0.3) is 0 Å². The van der Waals surface area contributed by atoms with Crippen molar-refractivity contribution in [1.29, 1.82) is 0 Å². The standard InChI is InChI=1S/C10H16FN3/c1-2-5-12-7-8-14-10-9(11)4-3-6-13-10/h3-4,6,12H,2,5,7-8H2,1H3,(H,13,14). The molecular formula is C10H16FN3. The van der Waals surface area contributed by atoms with Crippen molar-refractivity contribution in [3.8, 4) is 0 Å². The molecule has 1 aromatic rings. The Morgan fingerprint density at radius 2 is 2.21 bits per heavy atom. The largest absolute Gasteiger partial charge is 0.366 e. The van der Waals surface area contributed by atoms with Gasteiger partial charge in [-0.2, -0.15) is 0 Å². The smallest absolute Gasteiger partial charge is 0.165 e. The fraction of sp³-hybridized carbons (Fsp3) is 0.500. The molecule has 0 fully saturated rings. The minimum Gasteiger partial charge on any atom is -0.366 e. The van der Waals surface area contributed by atoms with Gasteiger partial charge in [0.25, 0.3) is 0 Å². The highest BCUT2D eigenvalue weighted by molar-refractivity contribution is 5.35. The molecule has 14 heavy (non-hydrogen) atoms. The second-order valence-electron chi connectivity index (χ2n) is 3.01. The van der Waals surface area contributed by atoms with Crippen molar-refractivity contribution >= 4 is 5.82 Å². The van der Waals surface area contributed by atoms with Crippen LogP contribution in [0.4, 0.5) is 10.2 Å². The molecule has 0 radical (unpaired) electrons. The van der Waals surface area contributed by atoms with Crippen molar-refractivity contribution in [2.45, 2.75) is 13.3 Å². The lowest BCUT2D eigenvalue weighted by Crippen LogP contribution is -2.23. The van der Waals surface area contributed by atoms with Crippen LogP contribution in [0.1, 0.15) is 13.3 Å². The van der Waals surface area contributed by atoms with E-state index in [9.17, 15) is 4.39 Å². The first kappa shape index (κ1) is 10.9. The number of halogens is 1. The molecule has 0 saturated carbocycles. The van der Waals surface area contributed by atoms with E-state index < -0.39 is 0 Å². The Balaban J connectivity index is 2.21. The number of nitrogens with zero attached hydrogens (tertiary/aromatic N) is 1. The SMILES string of the molecule is CCCNCCNc1ncccc1F. The summed E-state index contributed by atoms with van der Waals surface area (Å²) in [6.45, 7) is 4.61. The third-order valence-corrected chi connectivity index (χ3v) is 1.78. The van der Waals surface area contributed by atoms with E-state index >= 15 is 0 Å². The maximum atomic E-state index is 13.0. The number of hydrogen-bond acceptors (Lipinski definition) is 3. The van der Waals surface area contributed by atoms with Crippen LogP contribution in [0.2, 0.25) is 0 Å². The number of anilines is 1. The van der Waals surface area contributed by atoms with E-state index in [1.165, 1.54) is 6.07 Å². The molecule has 0 saturated heterocycles. The molecule has 0 bridgehead atoms. The van der Waals surface area contributed by atoms with Gasteiger partial charge in [-0.15, -0.1) is 0 Å². The first-order valence-electron chi connectivity index (χ1n) is 4.89. The summed E-state index contributed by atoms with van der Waals surface area (Å²) in [4.78, 5) is 3.88. The zero-order valence-corrected chi connectivity index (χ0v) is 8.39. The third-order valence-electron chi connectivity index (χ3n) is 1.78. The third kappa shape index (κ3) is 3.70. The molecule has 2 N–H and O–H groups in total. The Morgan fingerprint density at radius 1 is 1.36 bits per heavy atom. The lowest BCUT2D eigenvalue weighted by Gasteiger charge is -2.06. The van der Waals surface area contributed by atoms with Gasteiger partial charge in [0, 0.05) is 19.3 Å². The Kier molecular flexibility index (Phi) is 4.93. The van der Waals surface area contributed by atoms with Crippen molar-refractivity contribution in [2.24, 2.45) is 0 Å². The van der Waals surface area contributed by atoms with E-state index in [1.54, 1.807) is 12.3 Å². The van der Waals surface area contributed by atoms with Gasteiger partial charge in [-0.3, -0.25) is 0 Å². The lowest BCUT2D eigenvalue weighted by molar-refractivity contribution is 0.622. The Morgan fingerprint density at radius 3 is 2.93 bits per heavy atom. The van der Waals surface area contributed by atoms with Crippen LogP contribution >= 0.6 is 0 Å². The topological polar surface area (TPSA) is 37.0 Å². The minimum atomic E-state index is -0.303. The van der Waals surface area contributed by atoms with Crippen molar-refractivity contribution in [3.05, 3.63) is 24.1 Å². The average Bonchev–Trinajstić information content (AvgIpc) is 2.20. The van der Waals surface area contributed by atoms with Gasteiger partial charge in [0.05, 0.1) is 0 Å². The Hall–Kier alpha value is -1.16. The molecule has 0 unspecified atom stereocenters. The number of rotatable bonds is 6. The van der Waals surface area contributed by atoms with Crippen LogP contribution in [-0.4, -0.2) is 24.6 Å². The van der Waals surface area contributed by atoms with Crippen molar-refractivity contribution < 1.29 is 4.39 Å². The molecule has 0 aliphatic rings.